The van der Waals surface area contributed by atoms with Crippen LogP contribution in [0, 0.1) is 23.4 Å². The molecule has 2 aromatic carbocycles. The molecule has 2 aromatic rings. The van der Waals surface area contributed by atoms with Crippen LogP contribution in [-0.2, 0) is 12.8 Å². The molecule has 152 valence electrons. The second-order valence-electron chi connectivity index (χ2n) is 7.74. The molecule has 1 fully saturated rings. The molecule has 1 aliphatic rings. The molecule has 1 nitrogen and oxygen atoms in total. The molecule has 1 aliphatic carbocycles. The molecule has 0 radical (unpaired) electrons. The van der Waals surface area contributed by atoms with Crippen LogP contribution in [-0.4, -0.2) is 6.61 Å². The molecule has 0 aromatic heterocycles. The lowest BCUT2D eigenvalue weighted by molar-refractivity contribution is 0.304. The lowest BCUT2D eigenvalue weighted by Gasteiger charge is -2.29. The maximum absolute atomic E-state index is 14.4. The van der Waals surface area contributed by atoms with Crippen molar-refractivity contribution in [3.05, 3.63) is 64.5 Å². The third kappa shape index (κ3) is 4.71. The largest absolute Gasteiger partial charge is 0.494 e. The van der Waals surface area contributed by atoms with E-state index in [2.05, 4.69) is 0 Å². The summed E-state index contributed by atoms with van der Waals surface area (Å²) in [5.74, 6) is -0.303. The predicted octanol–water partition coefficient (Wildman–Crippen LogP) is 6.97. The molecular formula is C24H29F3O. The van der Waals surface area contributed by atoms with Crippen molar-refractivity contribution in [3.8, 4) is 5.75 Å². The quantitative estimate of drug-likeness (QED) is 0.496. The Hall–Kier alpha value is -1.97. The van der Waals surface area contributed by atoms with Gasteiger partial charge in [-0.1, -0.05) is 25.1 Å². The van der Waals surface area contributed by atoms with Gasteiger partial charge in [-0.25, -0.2) is 13.2 Å². The number of benzene rings is 2. The molecule has 1 saturated carbocycles. The van der Waals surface area contributed by atoms with E-state index in [1.54, 1.807) is 12.1 Å². The molecule has 0 atom stereocenters. The average Bonchev–Trinajstić information content (AvgIpc) is 2.70. The maximum Gasteiger partial charge on any atom is 0.162 e. The number of rotatable bonds is 7. The van der Waals surface area contributed by atoms with Gasteiger partial charge in [0.25, 0.3) is 0 Å². The van der Waals surface area contributed by atoms with Gasteiger partial charge < -0.3 is 4.74 Å². The van der Waals surface area contributed by atoms with Crippen molar-refractivity contribution < 1.29 is 17.9 Å². The molecule has 0 unspecified atom stereocenters. The lowest BCUT2D eigenvalue weighted by Crippen LogP contribution is -2.15. The Morgan fingerprint density at radius 1 is 0.893 bits per heavy atom. The Morgan fingerprint density at radius 2 is 1.57 bits per heavy atom. The normalized spacial score (nSPS) is 19.6. The van der Waals surface area contributed by atoms with Gasteiger partial charge in [0.15, 0.2) is 11.6 Å². The van der Waals surface area contributed by atoms with E-state index in [1.165, 1.54) is 6.07 Å². The van der Waals surface area contributed by atoms with Crippen LogP contribution in [0.15, 0.2) is 30.3 Å². The van der Waals surface area contributed by atoms with Gasteiger partial charge in [0.05, 0.1) is 6.61 Å². The number of hydrogen-bond acceptors (Lipinski definition) is 1. The monoisotopic (exact) mass is 390 g/mol. The second kappa shape index (κ2) is 9.49. The van der Waals surface area contributed by atoms with Gasteiger partial charge in [0.1, 0.15) is 11.6 Å². The smallest absolute Gasteiger partial charge is 0.162 e. The fraction of sp³-hybridized carbons (Fsp3) is 0.500. The van der Waals surface area contributed by atoms with Crippen molar-refractivity contribution in [3.63, 3.8) is 0 Å². The molecule has 3 rings (SSSR count). The molecule has 0 heterocycles. The van der Waals surface area contributed by atoms with E-state index < -0.39 is 11.6 Å². The van der Waals surface area contributed by atoms with Gasteiger partial charge in [-0.3, -0.25) is 0 Å². The fourth-order valence-corrected chi connectivity index (χ4v) is 4.31. The van der Waals surface area contributed by atoms with E-state index in [-0.39, 0.29) is 11.7 Å². The summed E-state index contributed by atoms with van der Waals surface area (Å²) in [6, 6.07) is 8.57. The van der Waals surface area contributed by atoms with Gasteiger partial charge in [-0.05, 0) is 86.5 Å². The average molecular weight is 390 g/mol. The second-order valence-corrected chi connectivity index (χ2v) is 7.74. The third-order valence-corrected chi connectivity index (χ3v) is 6.01. The zero-order chi connectivity index (χ0) is 20.1. The van der Waals surface area contributed by atoms with Gasteiger partial charge in [0, 0.05) is 6.07 Å². The first-order valence-electron chi connectivity index (χ1n) is 10.4. The first-order valence-corrected chi connectivity index (χ1v) is 10.4. The maximum atomic E-state index is 14.4. The number of aryl methyl sites for hydroxylation is 2. The molecule has 0 aliphatic heterocycles. The van der Waals surface area contributed by atoms with Crippen LogP contribution < -0.4 is 4.74 Å². The minimum absolute atomic E-state index is 0.192. The van der Waals surface area contributed by atoms with Crippen LogP contribution in [0.4, 0.5) is 13.2 Å². The van der Waals surface area contributed by atoms with Crippen molar-refractivity contribution in [2.45, 2.75) is 64.7 Å². The summed E-state index contributed by atoms with van der Waals surface area (Å²) in [6.07, 6.45) is 5.75. The molecular weight excluding hydrogens is 361 g/mol. The Kier molecular flexibility index (Phi) is 7.03. The summed E-state index contributed by atoms with van der Waals surface area (Å²) >= 11 is 0. The highest BCUT2D eigenvalue weighted by atomic mass is 19.2. The molecule has 4 heteroatoms. The molecule has 0 bridgehead atoms. The summed E-state index contributed by atoms with van der Waals surface area (Å²) in [5.41, 5.74) is 1.67. The predicted molar refractivity (Wildman–Crippen MR) is 106 cm³/mol. The summed E-state index contributed by atoms with van der Waals surface area (Å²) in [6.45, 7) is 4.23. The Morgan fingerprint density at radius 3 is 2.21 bits per heavy atom. The lowest BCUT2D eigenvalue weighted by atomic mass is 9.76. The fourth-order valence-electron chi connectivity index (χ4n) is 4.31. The van der Waals surface area contributed by atoms with Gasteiger partial charge >= 0.3 is 0 Å². The molecule has 0 N–H and O–H groups in total. The minimum atomic E-state index is -0.699. The highest BCUT2D eigenvalue weighted by Gasteiger charge is 2.25. The zero-order valence-corrected chi connectivity index (χ0v) is 16.7. The highest BCUT2D eigenvalue weighted by molar-refractivity contribution is 5.31. The van der Waals surface area contributed by atoms with Crippen LogP contribution in [0.3, 0.4) is 0 Å². The third-order valence-electron chi connectivity index (χ3n) is 6.01. The molecule has 0 saturated heterocycles. The van der Waals surface area contributed by atoms with E-state index in [0.29, 0.717) is 42.2 Å². The molecule has 0 spiro atoms. The van der Waals surface area contributed by atoms with Crippen molar-refractivity contribution >= 4 is 0 Å². The minimum Gasteiger partial charge on any atom is -0.494 e. The van der Waals surface area contributed by atoms with Crippen LogP contribution in [0.2, 0.25) is 0 Å². The summed E-state index contributed by atoms with van der Waals surface area (Å²) in [4.78, 5) is 0. The summed E-state index contributed by atoms with van der Waals surface area (Å²) in [7, 11) is 0. The van der Waals surface area contributed by atoms with Crippen LogP contribution in [0.1, 0.15) is 68.6 Å². The SMILES string of the molecule is CCOc1ccc(C2CCC(CCc3ccc(CC)c(F)c3F)CC2)c(F)c1. The van der Waals surface area contributed by atoms with Gasteiger partial charge in [-0.2, -0.15) is 0 Å². The summed E-state index contributed by atoms with van der Waals surface area (Å²) in [5, 5.41) is 0. The van der Waals surface area contributed by atoms with Crippen molar-refractivity contribution in [1.82, 2.24) is 0 Å². The van der Waals surface area contributed by atoms with Crippen molar-refractivity contribution in [2.75, 3.05) is 6.61 Å². The van der Waals surface area contributed by atoms with E-state index >= 15 is 0 Å². The van der Waals surface area contributed by atoms with E-state index in [0.717, 1.165) is 37.7 Å². The Labute approximate surface area is 165 Å². The molecule has 28 heavy (non-hydrogen) atoms. The highest BCUT2D eigenvalue weighted by Crippen LogP contribution is 2.39. The van der Waals surface area contributed by atoms with Crippen LogP contribution in [0.5, 0.6) is 5.75 Å². The first kappa shape index (κ1) is 20.8. The number of halogens is 3. The molecule has 0 amide bonds. The first-order chi connectivity index (χ1) is 13.5. The van der Waals surface area contributed by atoms with Crippen LogP contribution in [0.25, 0.3) is 0 Å². The standard InChI is InChI=1S/C24H29F3O/c1-3-17-11-12-19(24(27)23(17)26)10-7-16-5-8-18(9-6-16)21-14-13-20(28-4-2)15-22(21)25/h11-16,18H,3-10H2,1-2H3. The van der Waals surface area contributed by atoms with Crippen molar-refractivity contribution in [2.24, 2.45) is 5.92 Å². The van der Waals surface area contributed by atoms with E-state index in [4.69, 9.17) is 4.74 Å². The van der Waals surface area contributed by atoms with E-state index in [1.807, 2.05) is 26.0 Å². The van der Waals surface area contributed by atoms with Crippen LogP contribution >= 0.6 is 0 Å². The Balaban J connectivity index is 1.54. The zero-order valence-electron chi connectivity index (χ0n) is 16.7. The van der Waals surface area contributed by atoms with Gasteiger partial charge in [-0.15, -0.1) is 0 Å². The van der Waals surface area contributed by atoms with Crippen molar-refractivity contribution in [1.29, 1.82) is 0 Å². The number of ether oxygens (including phenoxy) is 1. The topological polar surface area (TPSA) is 9.23 Å². The van der Waals surface area contributed by atoms with Gasteiger partial charge in [0.2, 0.25) is 0 Å². The van der Waals surface area contributed by atoms with E-state index in [9.17, 15) is 13.2 Å². The number of hydrogen-bond donors (Lipinski definition) is 0. The Bertz CT molecular complexity index is 795. The summed E-state index contributed by atoms with van der Waals surface area (Å²) < 4.78 is 47.9.